The molecule has 1 aliphatic rings. The molecular weight excluding hydrogens is 304 g/mol. The highest BCUT2D eigenvalue weighted by Crippen LogP contribution is 2.33. The van der Waals surface area contributed by atoms with Crippen LogP contribution in [0.2, 0.25) is 0 Å². The van der Waals surface area contributed by atoms with E-state index in [4.69, 9.17) is 4.42 Å². The summed E-state index contributed by atoms with van der Waals surface area (Å²) in [7, 11) is 0. The van der Waals surface area contributed by atoms with Crippen LogP contribution in [0, 0.1) is 0 Å². The normalized spacial score (nSPS) is 17.3. The van der Waals surface area contributed by atoms with Gasteiger partial charge in [-0.3, -0.25) is 4.79 Å². The molecule has 0 saturated heterocycles. The van der Waals surface area contributed by atoms with E-state index in [2.05, 4.69) is 15.1 Å². The molecule has 0 unspecified atom stereocenters. The van der Waals surface area contributed by atoms with Gasteiger partial charge in [0, 0.05) is 18.8 Å². The van der Waals surface area contributed by atoms with E-state index in [-0.39, 0.29) is 11.7 Å². The molecule has 118 valence electrons. The van der Waals surface area contributed by atoms with Gasteiger partial charge in [-0.1, -0.05) is 12.1 Å². The van der Waals surface area contributed by atoms with Crippen LogP contribution >= 0.6 is 0 Å². The van der Waals surface area contributed by atoms with Gasteiger partial charge in [-0.05, 0) is 24.3 Å². The van der Waals surface area contributed by atoms with E-state index >= 15 is 0 Å². The molecule has 0 amide bonds. The number of fused-ring (bicyclic) bond motifs is 2. The molecule has 0 aliphatic heterocycles. The largest absolute Gasteiger partial charge is 0.469 e. The number of hydrogen-bond donors (Lipinski definition) is 1. The molecule has 0 bridgehead atoms. The van der Waals surface area contributed by atoms with Gasteiger partial charge in [-0.25, -0.2) is 9.67 Å². The number of ketones is 1. The fraction of sp³-hybridized carbons (Fsp3) is 0.167. The Bertz CT molecular complexity index is 1010. The maximum absolute atomic E-state index is 12.5. The molecule has 1 aromatic carbocycles. The number of nitrogens with one attached hydrogen (secondary N) is 1. The lowest BCUT2D eigenvalue weighted by molar-refractivity contribution is 0.0959. The number of para-hydroxylation sites is 2. The number of Topliss-reactive ketones (excluding diaryl/α,β-unsaturated/α-hetero) is 1. The molecule has 1 aliphatic carbocycles. The zero-order chi connectivity index (χ0) is 16.1. The summed E-state index contributed by atoms with van der Waals surface area (Å²) in [4.78, 5) is 20.3. The molecule has 3 aromatic heterocycles. The first-order chi connectivity index (χ1) is 11.8. The van der Waals surface area contributed by atoms with Crippen LogP contribution in [0.3, 0.4) is 0 Å². The van der Waals surface area contributed by atoms with E-state index < -0.39 is 0 Å². The second kappa shape index (κ2) is 4.92. The minimum absolute atomic E-state index is 0.0415. The SMILES string of the molecule is O=C1C[C@@H](c2ccco2)Cc2c1cnn2-c1nc2ccccc2[nH]1. The van der Waals surface area contributed by atoms with Crippen molar-refractivity contribution in [2.24, 2.45) is 0 Å². The van der Waals surface area contributed by atoms with Gasteiger partial charge in [0.1, 0.15) is 5.76 Å². The molecule has 6 nitrogen and oxygen atoms in total. The number of carbonyl (C=O) groups excluding carboxylic acids is 1. The third kappa shape index (κ3) is 1.93. The van der Waals surface area contributed by atoms with Gasteiger partial charge in [-0.15, -0.1) is 0 Å². The van der Waals surface area contributed by atoms with E-state index in [9.17, 15) is 4.79 Å². The fourth-order valence-electron chi connectivity index (χ4n) is 3.39. The van der Waals surface area contributed by atoms with Crippen LogP contribution in [0.5, 0.6) is 0 Å². The Morgan fingerprint density at radius 2 is 2.08 bits per heavy atom. The van der Waals surface area contributed by atoms with Gasteiger partial charge in [0.2, 0.25) is 5.95 Å². The van der Waals surface area contributed by atoms with Crippen LogP contribution in [0.15, 0.2) is 53.3 Å². The monoisotopic (exact) mass is 318 g/mol. The van der Waals surface area contributed by atoms with Crippen molar-refractivity contribution in [2.45, 2.75) is 18.8 Å². The van der Waals surface area contributed by atoms with Crippen molar-refractivity contribution in [3.05, 3.63) is 65.9 Å². The number of H-pyrrole nitrogens is 1. The van der Waals surface area contributed by atoms with E-state index in [1.807, 2.05) is 36.4 Å². The Morgan fingerprint density at radius 3 is 2.92 bits per heavy atom. The van der Waals surface area contributed by atoms with Gasteiger partial charge >= 0.3 is 0 Å². The first-order valence-corrected chi connectivity index (χ1v) is 7.88. The molecular formula is C18H14N4O2. The van der Waals surface area contributed by atoms with Crippen molar-refractivity contribution < 1.29 is 9.21 Å². The maximum atomic E-state index is 12.5. The lowest BCUT2D eigenvalue weighted by Crippen LogP contribution is -2.20. The topological polar surface area (TPSA) is 76.7 Å². The van der Waals surface area contributed by atoms with Crippen LogP contribution in [-0.2, 0) is 6.42 Å². The van der Waals surface area contributed by atoms with Gasteiger partial charge < -0.3 is 9.40 Å². The Balaban J connectivity index is 1.61. The van der Waals surface area contributed by atoms with Gasteiger partial charge in [0.05, 0.1) is 34.8 Å². The molecule has 5 rings (SSSR count). The number of aromatic amines is 1. The summed E-state index contributed by atoms with van der Waals surface area (Å²) < 4.78 is 7.24. The molecule has 0 fully saturated rings. The summed E-state index contributed by atoms with van der Waals surface area (Å²) in [6, 6.07) is 11.6. The van der Waals surface area contributed by atoms with Crippen LogP contribution < -0.4 is 0 Å². The number of hydrogen-bond acceptors (Lipinski definition) is 4. The average Bonchev–Trinajstić information content (AvgIpc) is 3.32. The minimum atomic E-state index is 0.0415. The van der Waals surface area contributed by atoms with Gasteiger partial charge in [-0.2, -0.15) is 5.10 Å². The summed E-state index contributed by atoms with van der Waals surface area (Å²) in [6.45, 7) is 0. The van der Waals surface area contributed by atoms with E-state index in [0.29, 0.717) is 24.4 Å². The van der Waals surface area contributed by atoms with Gasteiger partial charge in [0.25, 0.3) is 0 Å². The Kier molecular flexibility index (Phi) is 2.73. The summed E-state index contributed by atoms with van der Waals surface area (Å²) in [5, 5.41) is 4.40. The second-order valence-electron chi connectivity index (χ2n) is 6.04. The smallest absolute Gasteiger partial charge is 0.229 e. The molecule has 1 N–H and O–H groups in total. The predicted molar refractivity (Wildman–Crippen MR) is 87.3 cm³/mol. The minimum Gasteiger partial charge on any atom is -0.469 e. The van der Waals surface area contributed by atoms with Crippen molar-refractivity contribution in [2.75, 3.05) is 0 Å². The van der Waals surface area contributed by atoms with Crippen LogP contribution in [-0.4, -0.2) is 25.5 Å². The fourth-order valence-corrected chi connectivity index (χ4v) is 3.39. The zero-order valence-corrected chi connectivity index (χ0v) is 12.8. The van der Waals surface area contributed by atoms with Crippen molar-refractivity contribution in [3.63, 3.8) is 0 Å². The highest BCUT2D eigenvalue weighted by Gasteiger charge is 2.31. The van der Waals surface area contributed by atoms with Crippen LogP contribution in [0.25, 0.3) is 17.0 Å². The molecule has 3 heterocycles. The number of imidazole rings is 1. The number of benzene rings is 1. The number of carbonyl (C=O) groups is 1. The number of rotatable bonds is 2. The average molecular weight is 318 g/mol. The lowest BCUT2D eigenvalue weighted by Gasteiger charge is -2.20. The second-order valence-corrected chi connectivity index (χ2v) is 6.04. The third-order valence-electron chi connectivity index (χ3n) is 4.56. The molecule has 24 heavy (non-hydrogen) atoms. The van der Waals surface area contributed by atoms with Crippen LogP contribution in [0.4, 0.5) is 0 Å². The van der Waals surface area contributed by atoms with Crippen molar-refractivity contribution in [1.82, 2.24) is 19.7 Å². The number of aromatic nitrogens is 4. The molecule has 4 aromatic rings. The van der Waals surface area contributed by atoms with Gasteiger partial charge in [0.15, 0.2) is 5.78 Å². The first-order valence-electron chi connectivity index (χ1n) is 7.88. The summed E-state index contributed by atoms with van der Waals surface area (Å²) in [5.74, 6) is 1.61. The predicted octanol–water partition coefficient (Wildman–Crippen LogP) is 3.25. The molecule has 1 atom stereocenters. The lowest BCUT2D eigenvalue weighted by atomic mass is 9.85. The summed E-state index contributed by atoms with van der Waals surface area (Å²) in [5.41, 5.74) is 3.38. The summed E-state index contributed by atoms with van der Waals surface area (Å²) >= 11 is 0. The highest BCUT2D eigenvalue weighted by atomic mass is 16.3. The summed E-state index contributed by atoms with van der Waals surface area (Å²) in [6.07, 6.45) is 4.44. The molecule has 0 spiro atoms. The number of nitrogens with zero attached hydrogens (tertiary/aromatic N) is 3. The Labute approximate surface area is 137 Å². The van der Waals surface area contributed by atoms with E-state index in [1.54, 1.807) is 17.1 Å². The molecule has 0 radical (unpaired) electrons. The highest BCUT2D eigenvalue weighted by molar-refractivity contribution is 5.98. The van der Waals surface area contributed by atoms with Crippen molar-refractivity contribution in [1.29, 1.82) is 0 Å². The first kappa shape index (κ1) is 13.3. The maximum Gasteiger partial charge on any atom is 0.229 e. The third-order valence-corrected chi connectivity index (χ3v) is 4.56. The Hall–Kier alpha value is -3.15. The standard InChI is InChI=1S/C18H14N4O2/c23-16-9-11(17-6-3-7-24-17)8-15-12(16)10-19-22(15)18-20-13-4-1-2-5-14(13)21-18/h1-7,10-11H,8-9H2,(H,20,21)/t11-/m0/s1. The Morgan fingerprint density at radius 1 is 1.17 bits per heavy atom. The zero-order valence-electron chi connectivity index (χ0n) is 12.8. The van der Waals surface area contributed by atoms with E-state index in [0.717, 1.165) is 22.5 Å². The molecule has 6 heteroatoms. The van der Waals surface area contributed by atoms with Crippen molar-refractivity contribution in [3.8, 4) is 5.95 Å². The van der Waals surface area contributed by atoms with E-state index in [1.165, 1.54) is 0 Å². The van der Waals surface area contributed by atoms with Crippen LogP contribution in [0.1, 0.15) is 34.2 Å². The molecule has 0 saturated carbocycles. The quantitative estimate of drug-likeness (QED) is 0.615. The number of furan rings is 1. The van der Waals surface area contributed by atoms with Crippen molar-refractivity contribution >= 4 is 16.8 Å².